The van der Waals surface area contributed by atoms with E-state index in [2.05, 4.69) is 10.3 Å². The fourth-order valence-corrected chi connectivity index (χ4v) is 3.05. The van der Waals surface area contributed by atoms with Gasteiger partial charge in [0.1, 0.15) is 30.0 Å². The molecule has 0 aliphatic rings. The van der Waals surface area contributed by atoms with Gasteiger partial charge in [0.05, 0.1) is 13.2 Å². The average molecular weight is 418 g/mol. The molecule has 0 amide bonds. The highest BCUT2D eigenvalue weighted by atomic mass is 35.5. The summed E-state index contributed by atoms with van der Waals surface area (Å²) in [5.41, 5.74) is 2.06. The zero-order valence-electron chi connectivity index (χ0n) is 16.9. The molecule has 3 aromatic rings. The molecule has 2 N–H and O–H groups in total. The highest BCUT2D eigenvalue weighted by Gasteiger charge is 2.20. The lowest BCUT2D eigenvalue weighted by molar-refractivity contribution is 0.104. The molecule has 2 atom stereocenters. The van der Waals surface area contributed by atoms with E-state index in [-0.39, 0.29) is 25.1 Å². The monoisotopic (exact) mass is 417 g/mol. The number of aliphatic hydroxyl groups excluding tert-OH is 1. The molecular weight excluding hydrogens is 390 g/mol. The Hall–Kier alpha value is -2.54. The van der Waals surface area contributed by atoms with Crippen LogP contribution in [0.4, 0.5) is 0 Å². The number of ether oxygens (including phenoxy) is 2. The van der Waals surface area contributed by atoms with Gasteiger partial charge in [0.2, 0.25) is 0 Å². The quantitative estimate of drug-likeness (QED) is 0.559. The number of aromatic nitrogens is 2. The van der Waals surface area contributed by atoms with Crippen LogP contribution in [0.3, 0.4) is 0 Å². The number of halogens is 1. The Balaban J connectivity index is 0.00000300. The van der Waals surface area contributed by atoms with Crippen molar-refractivity contribution < 1.29 is 14.6 Å². The predicted octanol–water partition coefficient (Wildman–Crippen LogP) is 3.28. The van der Waals surface area contributed by atoms with Gasteiger partial charge in [-0.3, -0.25) is 0 Å². The fourth-order valence-electron chi connectivity index (χ4n) is 3.05. The van der Waals surface area contributed by atoms with Gasteiger partial charge >= 0.3 is 0 Å². The number of imidazole rings is 1. The third-order valence-electron chi connectivity index (χ3n) is 4.63. The van der Waals surface area contributed by atoms with E-state index in [1.165, 1.54) is 0 Å². The first-order chi connectivity index (χ1) is 13.6. The Kier molecular flexibility index (Phi) is 8.51. The number of para-hydroxylation sites is 1. The SMILES string of the molecule is COc1cccc(C(NCC(O)COc2ccccc2C)c2nccn2C)c1.Cl. The summed E-state index contributed by atoms with van der Waals surface area (Å²) in [6, 6.07) is 15.4. The standard InChI is InChI=1S/C22H27N3O3.ClH/c1-16-7-4-5-10-20(16)28-15-18(26)14-24-21(22-23-11-12-25(22)2)17-8-6-9-19(13-17)27-3;/h4-13,18,21,24,26H,14-15H2,1-3H3;1H. The van der Waals surface area contributed by atoms with Crippen molar-refractivity contribution in [1.82, 2.24) is 14.9 Å². The number of nitrogens with one attached hydrogen (secondary N) is 1. The van der Waals surface area contributed by atoms with Crippen LogP contribution < -0.4 is 14.8 Å². The van der Waals surface area contributed by atoms with Gasteiger partial charge in [-0.2, -0.15) is 0 Å². The minimum Gasteiger partial charge on any atom is -0.497 e. The van der Waals surface area contributed by atoms with Crippen LogP contribution in [0, 0.1) is 6.92 Å². The zero-order valence-corrected chi connectivity index (χ0v) is 17.7. The van der Waals surface area contributed by atoms with Crippen LogP contribution in [0.5, 0.6) is 11.5 Å². The molecule has 2 aromatic carbocycles. The van der Waals surface area contributed by atoms with Gasteiger partial charge in [-0.25, -0.2) is 4.98 Å². The molecule has 0 aliphatic heterocycles. The summed E-state index contributed by atoms with van der Waals surface area (Å²) in [6.45, 7) is 2.56. The van der Waals surface area contributed by atoms with E-state index in [4.69, 9.17) is 9.47 Å². The summed E-state index contributed by atoms with van der Waals surface area (Å²) < 4.78 is 13.1. The molecule has 0 aliphatic carbocycles. The Morgan fingerprint density at radius 2 is 1.97 bits per heavy atom. The number of aryl methyl sites for hydroxylation is 2. The third-order valence-corrected chi connectivity index (χ3v) is 4.63. The second kappa shape index (κ2) is 10.9. The molecule has 1 aromatic heterocycles. The number of rotatable bonds is 9. The van der Waals surface area contributed by atoms with Crippen molar-refractivity contribution in [3.8, 4) is 11.5 Å². The van der Waals surface area contributed by atoms with E-state index in [1.54, 1.807) is 13.3 Å². The van der Waals surface area contributed by atoms with Crippen LogP contribution in [0.1, 0.15) is 23.0 Å². The van der Waals surface area contributed by atoms with Crippen molar-refractivity contribution in [2.45, 2.75) is 19.1 Å². The highest BCUT2D eigenvalue weighted by molar-refractivity contribution is 5.85. The number of aliphatic hydroxyl groups is 1. The van der Waals surface area contributed by atoms with Crippen LogP contribution in [0.15, 0.2) is 60.9 Å². The van der Waals surface area contributed by atoms with E-state index in [0.717, 1.165) is 28.5 Å². The smallest absolute Gasteiger partial charge is 0.130 e. The molecule has 156 valence electrons. The number of methoxy groups -OCH3 is 1. The van der Waals surface area contributed by atoms with Gasteiger partial charge in [0, 0.05) is 26.0 Å². The predicted molar refractivity (Wildman–Crippen MR) is 116 cm³/mol. The Morgan fingerprint density at radius 3 is 2.66 bits per heavy atom. The summed E-state index contributed by atoms with van der Waals surface area (Å²) in [5, 5.41) is 13.8. The summed E-state index contributed by atoms with van der Waals surface area (Å²) in [4.78, 5) is 4.48. The lowest BCUT2D eigenvalue weighted by atomic mass is 10.1. The molecule has 1 heterocycles. The van der Waals surface area contributed by atoms with Crippen LogP contribution >= 0.6 is 12.4 Å². The van der Waals surface area contributed by atoms with Crippen LogP contribution in [-0.2, 0) is 7.05 Å². The fraction of sp³-hybridized carbons (Fsp3) is 0.318. The zero-order chi connectivity index (χ0) is 19.9. The van der Waals surface area contributed by atoms with E-state index in [1.807, 2.05) is 73.3 Å². The van der Waals surface area contributed by atoms with Gasteiger partial charge in [-0.1, -0.05) is 30.3 Å². The van der Waals surface area contributed by atoms with Crippen molar-refractivity contribution in [2.75, 3.05) is 20.3 Å². The number of nitrogens with zero attached hydrogens (tertiary/aromatic N) is 2. The third kappa shape index (κ3) is 5.97. The number of benzene rings is 2. The minimum absolute atomic E-state index is 0. The molecule has 7 heteroatoms. The van der Waals surface area contributed by atoms with Crippen molar-refractivity contribution in [3.63, 3.8) is 0 Å². The molecule has 0 saturated heterocycles. The molecule has 0 radical (unpaired) electrons. The largest absolute Gasteiger partial charge is 0.497 e. The average Bonchev–Trinajstić information content (AvgIpc) is 3.13. The molecule has 2 unspecified atom stereocenters. The van der Waals surface area contributed by atoms with Gasteiger partial charge in [0.15, 0.2) is 0 Å². The lowest BCUT2D eigenvalue weighted by Gasteiger charge is -2.22. The van der Waals surface area contributed by atoms with E-state index < -0.39 is 6.10 Å². The maximum absolute atomic E-state index is 10.4. The Morgan fingerprint density at radius 1 is 1.17 bits per heavy atom. The normalized spacial score (nSPS) is 12.7. The first-order valence-corrected chi connectivity index (χ1v) is 9.29. The van der Waals surface area contributed by atoms with Crippen LogP contribution in [0.25, 0.3) is 0 Å². The second-order valence-corrected chi connectivity index (χ2v) is 6.74. The molecule has 0 bridgehead atoms. The van der Waals surface area contributed by atoms with Gasteiger partial charge in [-0.15, -0.1) is 12.4 Å². The minimum atomic E-state index is -0.659. The summed E-state index contributed by atoms with van der Waals surface area (Å²) >= 11 is 0. The van der Waals surface area contributed by atoms with Gasteiger partial charge < -0.3 is 24.5 Å². The molecule has 3 rings (SSSR count). The first kappa shape index (κ1) is 22.7. The first-order valence-electron chi connectivity index (χ1n) is 9.29. The molecule has 29 heavy (non-hydrogen) atoms. The number of hydrogen-bond donors (Lipinski definition) is 2. The molecular formula is C22H28ClN3O3. The second-order valence-electron chi connectivity index (χ2n) is 6.74. The van der Waals surface area contributed by atoms with Gasteiger partial charge in [0.25, 0.3) is 0 Å². The lowest BCUT2D eigenvalue weighted by Crippen LogP contribution is -2.35. The highest BCUT2D eigenvalue weighted by Crippen LogP contribution is 2.24. The topological polar surface area (TPSA) is 68.5 Å². The summed E-state index contributed by atoms with van der Waals surface area (Å²) in [5.74, 6) is 2.43. The van der Waals surface area contributed by atoms with Crippen molar-refractivity contribution in [3.05, 3.63) is 77.9 Å². The van der Waals surface area contributed by atoms with Crippen LogP contribution in [0.2, 0.25) is 0 Å². The maximum atomic E-state index is 10.4. The maximum Gasteiger partial charge on any atom is 0.130 e. The Labute approximate surface area is 177 Å². The van der Waals surface area contributed by atoms with E-state index in [9.17, 15) is 5.11 Å². The summed E-state index contributed by atoms with van der Waals surface area (Å²) in [7, 11) is 3.60. The van der Waals surface area contributed by atoms with Crippen molar-refractivity contribution >= 4 is 12.4 Å². The number of hydrogen-bond acceptors (Lipinski definition) is 5. The molecule has 0 fully saturated rings. The Bertz CT molecular complexity index is 900. The summed E-state index contributed by atoms with van der Waals surface area (Å²) in [6.07, 6.45) is 3.01. The van der Waals surface area contributed by atoms with E-state index >= 15 is 0 Å². The van der Waals surface area contributed by atoms with Crippen molar-refractivity contribution in [1.29, 1.82) is 0 Å². The van der Waals surface area contributed by atoms with Crippen molar-refractivity contribution in [2.24, 2.45) is 7.05 Å². The van der Waals surface area contributed by atoms with Gasteiger partial charge in [-0.05, 0) is 36.2 Å². The molecule has 0 spiro atoms. The van der Waals surface area contributed by atoms with Crippen LogP contribution in [-0.4, -0.2) is 41.0 Å². The molecule has 6 nitrogen and oxygen atoms in total. The van der Waals surface area contributed by atoms with E-state index in [0.29, 0.717) is 6.54 Å². The molecule has 0 saturated carbocycles.